The van der Waals surface area contributed by atoms with Crippen molar-refractivity contribution in [1.82, 2.24) is 9.88 Å². The topological polar surface area (TPSA) is 16.1 Å². The normalized spacial score (nSPS) is 19.5. The summed E-state index contributed by atoms with van der Waals surface area (Å²) in [5, 5.41) is 0. The van der Waals surface area contributed by atoms with Crippen molar-refractivity contribution in [3.05, 3.63) is 30.1 Å². The molecule has 0 amide bonds. The second-order valence-electron chi connectivity index (χ2n) is 6.39. The molecule has 0 spiro atoms. The van der Waals surface area contributed by atoms with Crippen LogP contribution >= 0.6 is 0 Å². The standard InChI is InChI=1S/C15H24N2/c1-15(2,3)12-17-10-6-14(7-11-17)13-4-8-16-9-5-13/h4-5,8-9,14H,6-7,10-12H2,1-3H3. The maximum atomic E-state index is 4.09. The number of likely N-dealkylation sites (tertiary alicyclic amines) is 1. The van der Waals surface area contributed by atoms with Gasteiger partial charge in [-0.25, -0.2) is 0 Å². The molecule has 2 nitrogen and oxygen atoms in total. The Labute approximate surface area is 105 Å². The minimum absolute atomic E-state index is 0.420. The average Bonchev–Trinajstić information content (AvgIpc) is 2.29. The van der Waals surface area contributed by atoms with E-state index >= 15 is 0 Å². The smallest absolute Gasteiger partial charge is 0.0270 e. The van der Waals surface area contributed by atoms with E-state index < -0.39 is 0 Å². The highest BCUT2D eigenvalue weighted by atomic mass is 15.1. The second kappa shape index (κ2) is 5.18. The number of aromatic nitrogens is 1. The van der Waals surface area contributed by atoms with Crippen LogP contribution in [-0.4, -0.2) is 29.5 Å². The Morgan fingerprint density at radius 3 is 2.29 bits per heavy atom. The van der Waals surface area contributed by atoms with Gasteiger partial charge in [-0.1, -0.05) is 20.8 Å². The zero-order chi connectivity index (χ0) is 12.3. The van der Waals surface area contributed by atoms with E-state index in [1.54, 1.807) is 0 Å². The SMILES string of the molecule is CC(C)(C)CN1CCC(c2ccncc2)CC1. The minimum Gasteiger partial charge on any atom is -0.303 e. The van der Waals surface area contributed by atoms with E-state index in [1.165, 1.54) is 38.0 Å². The van der Waals surface area contributed by atoms with Crippen molar-refractivity contribution in [3.8, 4) is 0 Å². The van der Waals surface area contributed by atoms with E-state index in [-0.39, 0.29) is 0 Å². The zero-order valence-electron chi connectivity index (χ0n) is 11.3. The molecule has 94 valence electrons. The van der Waals surface area contributed by atoms with Crippen LogP contribution in [0.25, 0.3) is 0 Å². The minimum atomic E-state index is 0.420. The lowest BCUT2D eigenvalue weighted by Gasteiger charge is -2.36. The molecule has 0 aliphatic carbocycles. The van der Waals surface area contributed by atoms with E-state index in [9.17, 15) is 0 Å². The van der Waals surface area contributed by atoms with Gasteiger partial charge in [-0.15, -0.1) is 0 Å². The number of hydrogen-bond donors (Lipinski definition) is 0. The molecular formula is C15H24N2. The second-order valence-corrected chi connectivity index (χ2v) is 6.39. The number of rotatable bonds is 2. The third kappa shape index (κ3) is 3.81. The molecule has 17 heavy (non-hydrogen) atoms. The zero-order valence-corrected chi connectivity index (χ0v) is 11.3. The fourth-order valence-electron chi connectivity index (χ4n) is 2.73. The van der Waals surface area contributed by atoms with E-state index in [2.05, 4.69) is 42.8 Å². The van der Waals surface area contributed by atoms with Gasteiger partial charge in [0.25, 0.3) is 0 Å². The summed E-state index contributed by atoms with van der Waals surface area (Å²) in [5.74, 6) is 0.745. The lowest BCUT2D eigenvalue weighted by Crippen LogP contribution is -2.38. The van der Waals surface area contributed by atoms with Crippen molar-refractivity contribution < 1.29 is 0 Å². The van der Waals surface area contributed by atoms with Crippen LogP contribution in [0.5, 0.6) is 0 Å². The van der Waals surface area contributed by atoms with Gasteiger partial charge in [0.05, 0.1) is 0 Å². The van der Waals surface area contributed by atoms with Crippen molar-refractivity contribution in [3.63, 3.8) is 0 Å². The quantitative estimate of drug-likeness (QED) is 0.777. The summed E-state index contributed by atoms with van der Waals surface area (Å²) in [6.45, 7) is 10.7. The molecule has 0 bridgehead atoms. The monoisotopic (exact) mass is 232 g/mol. The van der Waals surface area contributed by atoms with Gasteiger partial charge in [-0.05, 0) is 55.0 Å². The Morgan fingerprint density at radius 1 is 1.18 bits per heavy atom. The van der Waals surface area contributed by atoms with Crippen LogP contribution < -0.4 is 0 Å². The number of pyridine rings is 1. The van der Waals surface area contributed by atoms with Crippen molar-refractivity contribution >= 4 is 0 Å². The molecule has 0 unspecified atom stereocenters. The van der Waals surface area contributed by atoms with Crippen LogP contribution in [0.1, 0.15) is 45.1 Å². The Balaban J connectivity index is 1.86. The highest BCUT2D eigenvalue weighted by molar-refractivity contribution is 5.16. The van der Waals surface area contributed by atoms with E-state index in [0.29, 0.717) is 5.41 Å². The largest absolute Gasteiger partial charge is 0.303 e. The van der Waals surface area contributed by atoms with Crippen LogP contribution in [0.4, 0.5) is 0 Å². The lowest BCUT2D eigenvalue weighted by molar-refractivity contribution is 0.154. The van der Waals surface area contributed by atoms with Crippen LogP contribution in [0.2, 0.25) is 0 Å². The summed E-state index contributed by atoms with van der Waals surface area (Å²) in [7, 11) is 0. The van der Waals surface area contributed by atoms with Crippen molar-refractivity contribution in [2.45, 2.75) is 39.5 Å². The first-order chi connectivity index (χ1) is 8.04. The van der Waals surface area contributed by atoms with Gasteiger partial charge in [0.15, 0.2) is 0 Å². The number of nitrogens with zero attached hydrogens (tertiary/aromatic N) is 2. The molecular weight excluding hydrogens is 208 g/mol. The van der Waals surface area contributed by atoms with Gasteiger partial charge in [0.1, 0.15) is 0 Å². The molecule has 1 aromatic heterocycles. The summed E-state index contributed by atoms with van der Waals surface area (Å²) < 4.78 is 0. The van der Waals surface area contributed by atoms with Gasteiger partial charge in [-0.2, -0.15) is 0 Å². The van der Waals surface area contributed by atoms with Crippen molar-refractivity contribution in [1.29, 1.82) is 0 Å². The Bertz CT molecular complexity index is 332. The molecule has 1 aliphatic heterocycles. The molecule has 0 saturated carbocycles. The molecule has 1 aromatic rings. The average molecular weight is 232 g/mol. The highest BCUT2D eigenvalue weighted by Crippen LogP contribution is 2.28. The summed E-state index contributed by atoms with van der Waals surface area (Å²) >= 11 is 0. The van der Waals surface area contributed by atoms with E-state index in [4.69, 9.17) is 0 Å². The molecule has 1 aliphatic rings. The van der Waals surface area contributed by atoms with Crippen LogP contribution in [0.3, 0.4) is 0 Å². The van der Waals surface area contributed by atoms with Gasteiger partial charge >= 0.3 is 0 Å². The van der Waals surface area contributed by atoms with E-state index in [0.717, 1.165) is 5.92 Å². The highest BCUT2D eigenvalue weighted by Gasteiger charge is 2.23. The van der Waals surface area contributed by atoms with Gasteiger partial charge in [-0.3, -0.25) is 4.98 Å². The third-order valence-corrected chi connectivity index (χ3v) is 3.46. The molecule has 0 N–H and O–H groups in total. The molecule has 1 fully saturated rings. The molecule has 0 radical (unpaired) electrons. The van der Waals surface area contributed by atoms with Crippen molar-refractivity contribution in [2.24, 2.45) is 5.41 Å². The predicted molar refractivity (Wildman–Crippen MR) is 72.1 cm³/mol. The summed E-state index contributed by atoms with van der Waals surface area (Å²) in [4.78, 5) is 6.70. The van der Waals surface area contributed by atoms with Crippen molar-refractivity contribution in [2.75, 3.05) is 19.6 Å². The number of hydrogen-bond acceptors (Lipinski definition) is 2. The molecule has 2 heterocycles. The third-order valence-electron chi connectivity index (χ3n) is 3.46. The van der Waals surface area contributed by atoms with Crippen LogP contribution in [0.15, 0.2) is 24.5 Å². The lowest BCUT2D eigenvalue weighted by atomic mass is 9.88. The number of piperidine rings is 1. The first kappa shape index (κ1) is 12.6. The Hall–Kier alpha value is -0.890. The van der Waals surface area contributed by atoms with Gasteiger partial charge in [0.2, 0.25) is 0 Å². The Kier molecular flexibility index (Phi) is 3.82. The molecule has 0 aromatic carbocycles. The fourth-order valence-corrected chi connectivity index (χ4v) is 2.73. The summed E-state index contributed by atoms with van der Waals surface area (Å²) in [6.07, 6.45) is 6.41. The Morgan fingerprint density at radius 2 is 1.76 bits per heavy atom. The molecule has 1 saturated heterocycles. The van der Waals surface area contributed by atoms with E-state index in [1.807, 2.05) is 12.4 Å². The predicted octanol–water partition coefficient (Wildman–Crippen LogP) is 3.31. The maximum Gasteiger partial charge on any atom is 0.0270 e. The molecule has 2 rings (SSSR count). The van der Waals surface area contributed by atoms with Gasteiger partial charge < -0.3 is 4.90 Å². The van der Waals surface area contributed by atoms with Crippen LogP contribution in [0, 0.1) is 5.41 Å². The van der Waals surface area contributed by atoms with Crippen LogP contribution in [-0.2, 0) is 0 Å². The molecule has 2 heteroatoms. The fraction of sp³-hybridized carbons (Fsp3) is 0.667. The summed E-state index contributed by atoms with van der Waals surface area (Å²) in [5.41, 5.74) is 1.89. The summed E-state index contributed by atoms with van der Waals surface area (Å²) in [6, 6.07) is 4.34. The van der Waals surface area contributed by atoms with Gasteiger partial charge in [0, 0.05) is 18.9 Å². The first-order valence-electron chi connectivity index (χ1n) is 6.67. The molecule has 0 atom stereocenters. The maximum absolute atomic E-state index is 4.09. The first-order valence-corrected chi connectivity index (χ1v) is 6.67.